The summed E-state index contributed by atoms with van der Waals surface area (Å²) in [5, 5.41) is 2.92. The first-order valence-electron chi connectivity index (χ1n) is 7.32. The Balaban J connectivity index is 2.12. The van der Waals surface area contributed by atoms with Crippen LogP contribution < -0.4 is 5.32 Å². The van der Waals surface area contributed by atoms with E-state index in [9.17, 15) is 9.18 Å². The van der Waals surface area contributed by atoms with Crippen molar-refractivity contribution < 1.29 is 9.18 Å². The lowest BCUT2D eigenvalue weighted by Gasteiger charge is -2.17. The molecule has 0 saturated carbocycles. The Kier molecular flexibility index (Phi) is 4.91. The van der Waals surface area contributed by atoms with Crippen molar-refractivity contribution in [3.63, 3.8) is 0 Å². The summed E-state index contributed by atoms with van der Waals surface area (Å²) in [5.74, 6) is -0.263. The second-order valence-electron chi connectivity index (χ2n) is 6.53. The number of hydrogen-bond acceptors (Lipinski definition) is 2. The molecule has 1 aromatic carbocycles. The molecular weight excluding hydrogens is 279 g/mol. The summed E-state index contributed by atoms with van der Waals surface area (Å²) >= 11 is 0. The summed E-state index contributed by atoms with van der Waals surface area (Å²) in [6.07, 6.45) is 2.16. The second-order valence-corrected chi connectivity index (χ2v) is 6.53. The molecule has 0 fully saturated rings. The van der Waals surface area contributed by atoms with E-state index in [-0.39, 0.29) is 17.1 Å². The molecule has 2 aromatic rings. The van der Waals surface area contributed by atoms with Gasteiger partial charge in [-0.25, -0.2) is 4.39 Å². The lowest BCUT2D eigenvalue weighted by Crippen LogP contribution is -2.27. The molecule has 1 heterocycles. The van der Waals surface area contributed by atoms with Crippen molar-refractivity contribution in [2.75, 3.05) is 0 Å². The van der Waals surface area contributed by atoms with Crippen LogP contribution in [0.1, 0.15) is 32.8 Å². The maximum Gasteiger partial charge on any atom is 0.220 e. The summed E-state index contributed by atoms with van der Waals surface area (Å²) in [7, 11) is 0. The van der Waals surface area contributed by atoms with Crippen LogP contribution in [-0.2, 0) is 11.3 Å². The number of aromatic nitrogens is 1. The van der Waals surface area contributed by atoms with Gasteiger partial charge < -0.3 is 5.32 Å². The molecule has 22 heavy (non-hydrogen) atoms. The van der Waals surface area contributed by atoms with Crippen LogP contribution >= 0.6 is 0 Å². The third kappa shape index (κ3) is 4.65. The Bertz CT molecular complexity index is 645. The number of nitrogens with one attached hydrogen (secondary N) is 1. The van der Waals surface area contributed by atoms with Crippen molar-refractivity contribution >= 4 is 5.91 Å². The SMILES string of the molecule is CC(C)(C)CC(=O)NCc1cccnc1-c1ccc(F)cc1. The highest BCUT2D eigenvalue weighted by molar-refractivity contribution is 5.77. The number of benzene rings is 1. The first-order valence-corrected chi connectivity index (χ1v) is 7.32. The molecule has 0 unspecified atom stereocenters. The minimum Gasteiger partial charge on any atom is -0.352 e. The molecule has 1 aromatic heterocycles. The van der Waals surface area contributed by atoms with Gasteiger partial charge in [0.05, 0.1) is 5.69 Å². The van der Waals surface area contributed by atoms with Gasteiger partial charge in [-0.1, -0.05) is 26.8 Å². The number of nitrogens with zero attached hydrogens (tertiary/aromatic N) is 1. The molecule has 1 N–H and O–H groups in total. The van der Waals surface area contributed by atoms with E-state index in [2.05, 4.69) is 10.3 Å². The molecule has 0 aliphatic heterocycles. The van der Waals surface area contributed by atoms with Gasteiger partial charge in [0.1, 0.15) is 5.82 Å². The average molecular weight is 300 g/mol. The topological polar surface area (TPSA) is 42.0 Å². The molecule has 0 aliphatic rings. The molecule has 0 bridgehead atoms. The van der Waals surface area contributed by atoms with E-state index >= 15 is 0 Å². The van der Waals surface area contributed by atoms with E-state index in [0.717, 1.165) is 16.8 Å². The number of rotatable bonds is 4. The van der Waals surface area contributed by atoms with Crippen LogP contribution in [-0.4, -0.2) is 10.9 Å². The number of halogens is 1. The summed E-state index contributed by atoms with van der Waals surface area (Å²) in [4.78, 5) is 16.3. The Labute approximate surface area is 130 Å². The van der Waals surface area contributed by atoms with Crippen LogP contribution in [0.25, 0.3) is 11.3 Å². The monoisotopic (exact) mass is 300 g/mol. The highest BCUT2D eigenvalue weighted by atomic mass is 19.1. The Morgan fingerprint density at radius 1 is 1.18 bits per heavy atom. The first-order chi connectivity index (χ1) is 10.3. The van der Waals surface area contributed by atoms with Crippen molar-refractivity contribution in [2.24, 2.45) is 5.41 Å². The van der Waals surface area contributed by atoms with Crippen LogP contribution in [0.5, 0.6) is 0 Å². The lowest BCUT2D eigenvalue weighted by molar-refractivity contribution is -0.122. The fourth-order valence-corrected chi connectivity index (χ4v) is 2.19. The maximum absolute atomic E-state index is 13.0. The summed E-state index contributed by atoms with van der Waals surface area (Å²) in [6.45, 7) is 6.50. The van der Waals surface area contributed by atoms with Gasteiger partial charge in [0.25, 0.3) is 0 Å². The van der Waals surface area contributed by atoms with Crippen molar-refractivity contribution in [1.29, 1.82) is 0 Å². The predicted molar refractivity (Wildman–Crippen MR) is 85.5 cm³/mol. The first kappa shape index (κ1) is 16.1. The number of pyridine rings is 1. The fraction of sp³-hybridized carbons (Fsp3) is 0.333. The Morgan fingerprint density at radius 2 is 1.86 bits per heavy atom. The molecule has 0 radical (unpaired) electrons. The molecule has 3 nitrogen and oxygen atoms in total. The van der Waals surface area contributed by atoms with Gasteiger partial charge >= 0.3 is 0 Å². The minimum absolute atomic E-state index is 0.0152. The van der Waals surface area contributed by atoms with Gasteiger partial charge in [0, 0.05) is 24.7 Å². The second kappa shape index (κ2) is 6.69. The Morgan fingerprint density at radius 3 is 2.50 bits per heavy atom. The molecule has 1 amide bonds. The lowest BCUT2D eigenvalue weighted by atomic mass is 9.92. The van der Waals surface area contributed by atoms with E-state index in [1.165, 1.54) is 12.1 Å². The van der Waals surface area contributed by atoms with Gasteiger partial charge in [-0.3, -0.25) is 9.78 Å². The molecule has 0 atom stereocenters. The summed E-state index contributed by atoms with van der Waals surface area (Å²) in [5.41, 5.74) is 2.47. The van der Waals surface area contributed by atoms with E-state index in [4.69, 9.17) is 0 Å². The molecular formula is C18H21FN2O. The normalized spacial score (nSPS) is 11.3. The van der Waals surface area contributed by atoms with E-state index < -0.39 is 0 Å². The Hall–Kier alpha value is -2.23. The third-order valence-corrected chi connectivity index (χ3v) is 3.18. The van der Waals surface area contributed by atoms with Crippen molar-refractivity contribution in [3.8, 4) is 11.3 Å². The van der Waals surface area contributed by atoms with Crippen LogP contribution in [0.15, 0.2) is 42.6 Å². The summed E-state index contributed by atoms with van der Waals surface area (Å²) < 4.78 is 13.0. The number of hydrogen-bond donors (Lipinski definition) is 1. The highest BCUT2D eigenvalue weighted by Gasteiger charge is 2.16. The van der Waals surface area contributed by atoms with Crippen LogP contribution in [0.2, 0.25) is 0 Å². The molecule has 0 saturated heterocycles. The van der Waals surface area contributed by atoms with Crippen molar-refractivity contribution in [1.82, 2.24) is 10.3 Å². The molecule has 2 rings (SSSR count). The quantitative estimate of drug-likeness (QED) is 0.929. The van der Waals surface area contributed by atoms with Crippen LogP contribution in [0.4, 0.5) is 4.39 Å². The maximum atomic E-state index is 13.0. The van der Waals surface area contributed by atoms with Gasteiger partial charge in [-0.2, -0.15) is 0 Å². The zero-order valence-electron chi connectivity index (χ0n) is 13.2. The number of amides is 1. The van der Waals surface area contributed by atoms with Gasteiger partial charge in [0.2, 0.25) is 5.91 Å². The molecule has 116 valence electrons. The zero-order valence-corrected chi connectivity index (χ0v) is 13.2. The largest absolute Gasteiger partial charge is 0.352 e. The fourth-order valence-electron chi connectivity index (χ4n) is 2.19. The van der Waals surface area contributed by atoms with Gasteiger partial charge in [0.15, 0.2) is 0 Å². The van der Waals surface area contributed by atoms with Gasteiger partial charge in [-0.05, 0) is 41.3 Å². The van der Waals surface area contributed by atoms with Crippen LogP contribution in [0, 0.1) is 11.2 Å². The van der Waals surface area contributed by atoms with E-state index in [1.807, 2.05) is 32.9 Å². The average Bonchev–Trinajstić information content (AvgIpc) is 2.45. The highest BCUT2D eigenvalue weighted by Crippen LogP contribution is 2.22. The predicted octanol–water partition coefficient (Wildman–Crippen LogP) is 3.94. The smallest absolute Gasteiger partial charge is 0.220 e. The standard InChI is InChI=1S/C18H21FN2O/c1-18(2,3)11-16(22)21-12-14-5-4-10-20-17(14)13-6-8-15(19)9-7-13/h4-10H,11-12H2,1-3H3,(H,21,22). The van der Waals surface area contributed by atoms with Crippen molar-refractivity contribution in [3.05, 3.63) is 54.0 Å². The summed E-state index contributed by atoms with van der Waals surface area (Å²) in [6, 6.07) is 9.95. The molecule has 4 heteroatoms. The van der Waals surface area contributed by atoms with Gasteiger partial charge in [-0.15, -0.1) is 0 Å². The van der Waals surface area contributed by atoms with Crippen molar-refractivity contribution in [2.45, 2.75) is 33.7 Å². The van der Waals surface area contributed by atoms with E-state index in [1.54, 1.807) is 18.3 Å². The number of carbonyl (C=O) groups excluding carboxylic acids is 1. The molecule has 0 spiro atoms. The molecule has 0 aliphatic carbocycles. The zero-order chi connectivity index (χ0) is 16.2. The number of carbonyl (C=O) groups is 1. The van der Waals surface area contributed by atoms with Crippen LogP contribution in [0.3, 0.4) is 0 Å². The van der Waals surface area contributed by atoms with E-state index in [0.29, 0.717) is 13.0 Å². The third-order valence-electron chi connectivity index (χ3n) is 3.18. The minimum atomic E-state index is -0.278.